The first-order chi connectivity index (χ1) is 10.7. The summed E-state index contributed by atoms with van der Waals surface area (Å²) < 4.78 is 1.76. The summed E-state index contributed by atoms with van der Waals surface area (Å²) in [5, 5.41) is 16.3. The van der Waals surface area contributed by atoms with Gasteiger partial charge in [0, 0.05) is 24.8 Å². The van der Waals surface area contributed by atoms with Crippen LogP contribution in [0.15, 0.2) is 54.9 Å². The lowest BCUT2D eigenvalue weighted by molar-refractivity contribution is 0.0941. The van der Waals surface area contributed by atoms with Crippen molar-refractivity contribution >= 4 is 5.91 Å². The second-order valence-electron chi connectivity index (χ2n) is 5.56. The van der Waals surface area contributed by atoms with Gasteiger partial charge in [0.15, 0.2) is 0 Å². The highest BCUT2D eigenvalue weighted by molar-refractivity contribution is 5.94. The van der Waals surface area contributed by atoms with E-state index in [0.29, 0.717) is 12.1 Å². The van der Waals surface area contributed by atoms with Gasteiger partial charge >= 0.3 is 0 Å². The lowest BCUT2D eigenvalue weighted by Crippen LogP contribution is -2.32. The van der Waals surface area contributed by atoms with E-state index < -0.39 is 0 Å². The van der Waals surface area contributed by atoms with E-state index in [-0.39, 0.29) is 24.5 Å². The number of nitrogens with zero attached hydrogens (tertiary/aromatic N) is 2. The molecule has 1 aliphatic carbocycles. The van der Waals surface area contributed by atoms with Crippen molar-refractivity contribution in [2.24, 2.45) is 5.92 Å². The Kier molecular flexibility index (Phi) is 4.34. The number of rotatable bonds is 5. The minimum atomic E-state index is -0.132. The molecule has 1 aromatic heterocycles. The zero-order valence-corrected chi connectivity index (χ0v) is 12.2. The fourth-order valence-electron chi connectivity index (χ4n) is 2.61. The number of carbonyl (C=O) groups excluding carboxylic acids is 1. The van der Waals surface area contributed by atoms with Gasteiger partial charge in [-0.1, -0.05) is 42.5 Å². The van der Waals surface area contributed by atoms with Crippen LogP contribution >= 0.6 is 0 Å². The zero-order chi connectivity index (χ0) is 15.4. The average molecular weight is 297 g/mol. The Morgan fingerprint density at radius 3 is 2.86 bits per heavy atom. The summed E-state index contributed by atoms with van der Waals surface area (Å²) >= 11 is 0. The molecule has 2 atom stereocenters. The number of nitrogens with one attached hydrogen (secondary N) is 1. The molecule has 0 bridgehead atoms. The topological polar surface area (TPSA) is 67.2 Å². The van der Waals surface area contributed by atoms with Gasteiger partial charge in [0.2, 0.25) is 0 Å². The predicted molar refractivity (Wildman–Crippen MR) is 83.4 cm³/mol. The summed E-state index contributed by atoms with van der Waals surface area (Å²) in [5.41, 5.74) is 1.69. The van der Waals surface area contributed by atoms with Crippen LogP contribution in [0.2, 0.25) is 0 Å². The number of aliphatic hydroxyl groups excluding tert-OH is 1. The van der Waals surface area contributed by atoms with Crippen molar-refractivity contribution in [2.45, 2.75) is 19.0 Å². The van der Waals surface area contributed by atoms with Crippen LogP contribution in [0, 0.1) is 5.92 Å². The molecule has 1 aliphatic rings. The van der Waals surface area contributed by atoms with Gasteiger partial charge in [-0.3, -0.25) is 9.48 Å². The SMILES string of the molecule is O=C(N[C@@H]1C=C[C@H](CO)C1)c1cnn(Cc2ccccc2)c1. The first-order valence-electron chi connectivity index (χ1n) is 7.41. The summed E-state index contributed by atoms with van der Waals surface area (Å²) in [4.78, 5) is 12.2. The minimum Gasteiger partial charge on any atom is -0.396 e. The van der Waals surface area contributed by atoms with E-state index in [2.05, 4.69) is 10.4 Å². The molecule has 0 radical (unpaired) electrons. The second kappa shape index (κ2) is 6.58. The molecule has 1 aromatic carbocycles. The molecule has 1 heterocycles. The van der Waals surface area contributed by atoms with Crippen LogP contribution in [0.1, 0.15) is 22.3 Å². The molecule has 2 N–H and O–H groups in total. The Balaban J connectivity index is 1.59. The van der Waals surface area contributed by atoms with Crippen molar-refractivity contribution in [3.63, 3.8) is 0 Å². The van der Waals surface area contributed by atoms with Crippen LogP contribution in [-0.2, 0) is 6.54 Å². The molecular formula is C17H19N3O2. The molecular weight excluding hydrogens is 278 g/mol. The van der Waals surface area contributed by atoms with Crippen molar-refractivity contribution < 1.29 is 9.90 Å². The fourth-order valence-corrected chi connectivity index (χ4v) is 2.61. The standard InChI is InChI=1S/C17H19N3O2/c21-12-14-6-7-16(8-14)19-17(22)15-9-18-20(11-15)10-13-4-2-1-3-5-13/h1-7,9,11,14,16,21H,8,10,12H2,(H,19,22)/t14-,16+/m0/s1. The predicted octanol–water partition coefficient (Wildman–Crippen LogP) is 1.60. The third-order valence-electron chi connectivity index (χ3n) is 3.81. The molecule has 0 saturated heterocycles. The van der Waals surface area contributed by atoms with Gasteiger partial charge in [-0.25, -0.2) is 0 Å². The number of benzene rings is 1. The molecule has 0 fully saturated rings. The average Bonchev–Trinajstić information content (AvgIpc) is 3.17. The van der Waals surface area contributed by atoms with Gasteiger partial charge in [-0.15, -0.1) is 0 Å². The van der Waals surface area contributed by atoms with Crippen LogP contribution in [-0.4, -0.2) is 33.4 Å². The lowest BCUT2D eigenvalue weighted by Gasteiger charge is -2.11. The van der Waals surface area contributed by atoms with E-state index in [1.54, 1.807) is 17.1 Å². The summed E-state index contributed by atoms with van der Waals surface area (Å²) in [5.74, 6) is 0.0126. The zero-order valence-electron chi connectivity index (χ0n) is 12.2. The molecule has 0 spiro atoms. The first kappa shape index (κ1) is 14.5. The maximum atomic E-state index is 12.2. The molecule has 2 aromatic rings. The van der Waals surface area contributed by atoms with Gasteiger partial charge in [-0.2, -0.15) is 5.10 Å². The van der Waals surface area contributed by atoms with E-state index >= 15 is 0 Å². The number of amides is 1. The number of hydrogen-bond donors (Lipinski definition) is 2. The maximum Gasteiger partial charge on any atom is 0.254 e. The van der Waals surface area contributed by atoms with E-state index in [1.165, 1.54) is 0 Å². The highest BCUT2D eigenvalue weighted by Gasteiger charge is 2.20. The van der Waals surface area contributed by atoms with Gasteiger partial charge < -0.3 is 10.4 Å². The molecule has 114 valence electrons. The molecule has 3 rings (SSSR count). The van der Waals surface area contributed by atoms with Crippen molar-refractivity contribution in [3.8, 4) is 0 Å². The summed E-state index contributed by atoms with van der Waals surface area (Å²) in [6, 6.07) is 9.98. The molecule has 22 heavy (non-hydrogen) atoms. The quantitative estimate of drug-likeness (QED) is 0.824. The smallest absolute Gasteiger partial charge is 0.254 e. The van der Waals surface area contributed by atoms with Crippen LogP contribution in [0.3, 0.4) is 0 Å². The van der Waals surface area contributed by atoms with Crippen molar-refractivity contribution in [2.75, 3.05) is 6.61 Å². The Labute approximate surface area is 129 Å². The number of hydrogen-bond acceptors (Lipinski definition) is 3. The van der Waals surface area contributed by atoms with Gasteiger partial charge in [0.1, 0.15) is 0 Å². The van der Waals surface area contributed by atoms with E-state index in [1.807, 2.05) is 42.5 Å². The summed E-state index contributed by atoms with van der Waals surface area (Å²) in [7, 11) is 0. The van der Waals surface area contributed by atoms with E-state index in [4.69, 9.17) is 5.11 Å². The number of aromatic nitrogens is 2. The Hall–Kier alpha value is -2.40. The third kappa shape index (κ3) is 3.43. The van der Waals surface area contributed by atoms with Gasteiger partial charge in [0.25, 0.3) is 5.91 Å². The molecule has 1 amide bonds. The highest BCUT2D eigenvalue weighted by atomic mass is 16.3. The Bertz CT molecular complexity index is 664. The first-order valence-corrected chi connectivity index (χ1v) is 7.41. The van der Waals surface area contributed by atoms with Gasteiger partial charge in [0.05, 0.1) is 18.3 Å². The maximum absolute atomic E-state index is 12.2. The molecule has 5 heteroatoms. The van der Waals surface area contributed by atoms with Crippen molar-refractivity contribution in [1.29, 1.82) is 0 Å². The largest absolute Gasteiger partial charge is 0.396 e. The normalized spacial score (nSPS) is 20.2. The second-order valence-corrected chi connectivity index (χ2v) is 5.56. The lowest BCUT2D eigenvalue weighted by atomic mass is 10.1. The van der Waals surface area contributed by atoms with Crippen LogP contribution in [0.25, 0.3) is 0 Å². The Morgan fingerprint density at radius 2 is 2.14 bits per heavy atom. The van der Waals surface area contributed by atoms with Crippen LogP contribution < -0.4 is 5.32 Å². The van der Waals surface area contributed by atoms with E-state index in [9.17, 15) is 4.79 Å². The van der Waals surface area contributed by atoms with Crippen molar-refractivity contribution in [1.82, 2.24) is 15.1 Å². The molecule has 0 saturated carbocycles. The molecule has 5 nitrogen and oxygen atoms in total. The highest BCUT2D eigenvalue weighted by Crippen LogP contribution is 2.17. The summed E-state index contributed by atoms with van der Waals surface area (Å²) in [6.45, 7) is 0.766. The van der Waals surface area contributed by atoms with Crippen LogP contribution in [0.5, 0.6) is 0 Å². The third-order valence-corrected chi connectivity index (χ3v) is 3.81. The molecule has 0 unspecified atom stereocenters. The fraction of sp³-hybridized carbons (Fsp3) is 0.294. The van der Waals surface area contributed by atoms with E-state index in [0.717, 1.165) is 12.0 Å². The minimum absolute atomic E-state index is 0.0119. The monoisotopic (exact) mass is 297 g/mol. The molecule has 0 aliphatic heterocycles. The van der Waals surface area contributed by atoms with Gasteiger partial charge in [-0.05, 0) is 12.0 Å². The number of carbonyl (C=O) groups is 1. The van der Waals surface area contributed by atoms with Crippen molar-refractivity contribution in [3.05, 3.63) is 66.0 Å². The summed E-state index contributed by atoms with van der Waals surface area (Å²) in [6.07, 6.45) is 7.97. The Morgan fingerprint density at radius 1 is 1.32 bits per heavy atom. The van der Waals surface area contributed by atoms with Crippen LogP contribution in [0.4, 0.5) is 0 Å². The number of aliphatic hydroxyl groups is 1.